The first-order valence-corrected chi connectivity index (χ1v) is 4.50. The molecule has 0 aromatic rings. The van der Waals surface area contributed by atoms with Gasteiger partial charge in [-0.15, -0.1) is 0 Å². The quantitative estimate of drug-likeness (QED) is 0.552. The summed E-state index contributed by atoms with van der Waals surface area (Å²) in [6.07, 6.45) is 7.06. The van der Waals surface area contributed by atoms with Crippen LogP contribution in [0.5, 0.6) is 0 Å². The molecule has 2 atom stereocenters. The first-order chi connectivity index (χ1) is 4.83. The van der Waals surface area contributed by atoms with Crippen molar-refractivity contribution in [3.05, 3.63) is 0 Å². The molecule has 0 aromatic carbocycles. The fourth-order valence-electron chi connectivity index (χ4n) is 1.78. The summed E-state index contributed by atoms with van der Waals surface area (Å²) in [4.78, 5) is 0. The van der Waals surface area contributed by atoms with Crippen molar-refractivity contribution in [3.63, 3.8) is 0 Å². The zero-order valence-corrected chi connectivity index (χ0v) is 7.19. The summed E-state index contributed by atoms with van der Waals surface area (Å²) >= 11 is 0. The van der Waals surface area contributed by atoms with Crippen molar-refractivity contribution in [2.24, 2.45) is 5.92 Å². The highest BCUT2D eigenvalue weighted by molar-refractivity contribution is 4.71. The van der Waals surface area contributed by atoms with E-state index in [2.05, 4.69) is 19.3 Å². The maximum Gasteiger partial charge on any atom is 0.00641 e. The van der Waals surface area contributed by atoms with Crippen LogP contribution in [0.1, 0.15) is 39.0 Å². The Kier molecular flexibility index (Phi) is 3.20. The van der Waals surface area contributed by atoms with E-state index in [0.717, 1.165) is 12.0 Å². The topological polar surface area (TPSA) is 12.0 Å². The second kappa shape index (κ2) is 3.97. The molecule has 2 unspecified atom stereocenters. The predicted molar refractivity (Wildman–Crippen MR) is 45.1 cm³/mol. The smallest absolute Gasteiger partial charge is 0.00641 e. The van der Waals surface area contributed by atoms with Crippen molar-refractivity contribution in [2.45, 2.75) is 45.1 Å². The molecule has 1 N–H and O–H groups in total. The van der Waals surface area contributed by atoms with E-state index < -0.39 is 0 Å². The highest BCUT2D eigenvalue weighted by Gasteiger charge is 2.13. The van der Waals surface area contributed by atoms with E-state index in [0.29, 0.717) is 0 Å². The number of rotatable bonds is 1. The Morgan fingerprint density at radius 2 is 1.90 bits per heavy atom. The fraction of sp³-hybridized carbons (Fsp3) is 1.00. The van der Waals surface area contributed by atoms with Crippen LogP contribution >= 0.6 is 0 Å². The van der Waals surface area contributed by atoms with Crippen LogP contribution in [-0.4, -0.2) is 13.1 Å². The Labute approximate surface area is 64.2 Å². The van der Waals surface area contributed by atoms with E-state index in [1.54, 1.807) is 0 Å². The van der Waals surface area contributed by atoms with Gasteiger partial charge in [-0.25, -0.2) is 0 Å². The van der Waals surface area contributed by atoms with Crippen LogP contribution in [0.15, 0.2) is 0 Å². The minimum absolute atomic E-state index is 0.810. The average molecular weight is 141 g/mol. The van der Waals surface area contributed by atoms with Crippen molar-refractivity contribution in [3.8, 4) is 0 Å². The summed E-state index contributed by atoms with van der Waals surface area (Å²) in [5.74, 6) is 0.971. The van der Waals surface area contributed by atoms with E-state index in [1.807, 2.05) is 0 Å². The monoisotopic (exact) mass is 141 g/mol. The SMILES string of the molecule is CNC1CCCC(C)CC1. The van der Waals surface area contributed by atoms with E-state index in [4.69, 9.17) is 0 Å². The number of nitrogens with one attached hydrogen (secondary N) is 1. The summed E-state index contributed by atoms with van der Waals surface area (Å²) in [5.41, 5.74) is 0. The molecule has 0 spiro atoms. The highest BCUT2D eigenvalue weighted by Crippen LogP contribution is 2.21. The average Bonchev–Trinajstić information content (AvgIpc) is 2.14. The number of hydrogen-bond acceptors (Lipinski definition) is 1. The van der Waals surface area contributed by atoms with Gasteiger partial charge in [0.2, 0.25) is 0 Å². The van der Waals surface area contributed by atoms with Crippen molar-refractivity contribution in [2.75, 3.05) is 7.05 Å². The predicted octanol–water partition coefficient (Wildman–Crippen LogP) is 2.17. The van der Waals surface area contributed by atoms with Crippen LogP contribution in [0.25, 0.3) is 0 Å². The summed E-state index contributed by atoms with van der Waals surface area (Å²) in [7, 11) is 2.08. The van der Waals surface area contributed by atoms with Gasteiger partial charge in [0.05, 0.1) is 0 Å². The molecular formula is C9H19N. The minimum atomic E-state index is 0.810. The van der Waals surface area contributed by atoms with Gasteiger partial charge in [-0.2, -0.15) is 0 Å². The van der Waals surface area contributed by atoms with Crippen molar-refractivity contribution < 1.29 is 0 Å². The lowest BCUT2D eigenvalue weighted by Crippen LogP contribution is -2.23. The third-order valence-corrected chi connectivity index (χ3v) is 2.67. The Bertz CT molecular complexity index is 90.7. The third-order valence-electron chi connectivity index (χ3n) is 2.67. The van der Waals surface area contributed by atoms with Gasteiger partial charge in [0.1, 0.15) is 0 Å². The summed E-state index contributed by atoms with van der Waals surface area (Å²) in [5, 5.41) is 3.36. The van der Waals surface area contributed by atoms with Crippen molar-refractivity contribution in [1.29, 1.82) is 0 Å². The van der Waals surface area contributed by atoms with E-state index in [9.17, 15) is 0 Å². The van der Waals surface area contributed by atoms with Crippen LogP contribution in [-0.2, 0) is 0 Å². The molecule has 0 saturated heterocycles. The molecule has 1 aliphatic rings. The molecule has 1 nitrogen and oxygen atoms in total. The zero-order chi connectivity index (χ0) is 7.40. The van der Waals surface area contributed by atoms with Gasteiger partial charge in [0.25, 0.3) is 0 Å². The summed E-state index contributed by atoms with van der Waals surface area (Å²) in [6.45, 7) is 2.37. The molecule has 0 bridgehead atoms. The van der Waals surface area contributed by atoms with Crippen LogP contribution in [0.2, 0.25) is 0 Å². The van der Waals surface area contributed by atoms with E-state index >= 15 is 0 Å². The van der Waals surface area contributed by atoms with Crippen LogP contribution in [0, 0.1) is 5.92 Å². The normalized spacial score (nSPS) is 35.4. The van der Waals surface area contributed by atoms with Gasteiger partial charge in [-0.05, 0) is 32.2 Å². The molecule has 10 heavy (non-hydrogen) atoms. The molecule has 0 radical (unpaired) electrons. The lowest BCUT2D eigenvalue weighted by molar-refractivity contribution is 0.475. The molecule has 0 amide bonds. The lowest BCUT2D eigenvalue weighted by Gasteiger charge is -2.11. The molecule has 1 heteroatoms. The van der Waals surface area contributed by atoms with Gasteiger partial charge in [0, 0.05) is 6.04 Å². The minimum Gasteiger partial charge on any atom is -0.317 e. The second-order valence-corrected chi connectivity index (χ2v) is 3.60. The van der Waals surface area contributed by atoms with Crippen molar-refractivity contribution in [1.82, 2.24) is 5.32 Å². The fourth-order valence-corrected chi connectivity index (χ4v) is 1.78. The summed E-state index contributed by atoms with van der Waals surface area (Å²) in [6, 6.07) is 0.810. The molecule has 1 fully saturated rings. The lowest BCUT2D eigenvalue weighted by atomic mass is 10.0. The molecule has 0 aliphatic heterocycles. The maximum atomic E-state index is 3.36. The molecule has 0 heterocycles. The van der Waals surface area contributed by atoms with Gasteiger partial charge in [0.15, 0.2) is 0 Å². The van der Waals surface area contributed by atoms with Crippen LogP contribution in [0.3, 0.4) is 0 Å². The molecule has 1 aliphatic carbocycles. The zero-order valence-electron chi connectivity index (χ0n) is 7.19. The van der Waals surface area contributed by atoms with E-state index in [1.165, 1.54) is 32.1 Å². The Morgan fingerprint density at radius 1 is 1.10 bits per heavy atom. The Hall–Kier alpha value is -0.0400. The number of hydrogen-bond donors (Lipinski definition) is 1. The molecular weight excluding hydrogens is 122 g/mol. The third kappa shape index (κ3) is 2.30. The highest BCUT2D eigenvalue weighted by atomic mass is 14.9. The largest absolute Gasteiger partial charge is 0.317 e. The van der Waals surface area contributed by atoms with E-state index in [-0.39, 0.29) is 0 Å². The standard InChI is InChI=1S/C9H19N/c1-8-4-3-5-9(10-2)7-6-8/h8-10H,3-7H2,1-2H3. The Balaban J connectivity index is 2.26. The molecule has 1 rings (SSSR count). The van der Waals surface area contributed by atoms with Gasteiger partial charge < -0.3 is 5.32 Å². The van der Waals surface area contributed by atoms with Gasteiger partial charge >= 0.3 is 0 Å². The molecule has 0 aromatic heterocycles. The van der Waals surface area contributed by atoms with Crippen LogP contribution in [0.4, 0.5) is 0 Å². The van der Waals surface area contributed by atoms with Gasteiger partial charge in [-0.1, -0.05) is 19.8 Å². The second-order valence-electron chi connectivity index (χ2n) is 3.60. The molecule has 1 saturated carbocycles. The maximum absolute atomic E-state index is 3.36. The first kappa shape index (κ1) is 8.06. The summed E-state index contributed by atoms with van der Waals surface area (Å²) < 4.78 is 0. The Morgan fingerprint density at radius 3 is 2.60 bits per heavy atom. The van der Waals surface area contributed by atoms with Gasteiger partial charge in [-0.3, -0.25) is 0 Å². The van der Waals surface area contributed by atoms with Crippen molar-refractivity contribution >= 4 is 0 Å². The first-order valence-electron chi connectivity index (χ1n) is 4.50. The van der Waals surface area contributed by atoms with Crippen LogP contribution < -0.4 is 5.32 Å². The molecule has 60 valence electrons.